The molecule has 1 nitrogen and oxygen atoms in total. The maximum Gasteiger partial charge on any atom is 0.0728 e. The van der Waals surface area contributed by atoms with Gasteiger partial charge < -0.3 is 5.32 Å². The van der Waals surface area contributed by atoms with Crippen molar-refractivity contribution in [3.63, 3.8) is 0 Å². The summed E-state index contributed by atoms with van der Waals surface area (Å²) >= 11 is 20.6. The highest BCUT2D eigenvalue weighted by molar-refractivity contribution is 7.99. The summed E-state index contributed by atoms with van der Waals surface area (Å²) in [6.07, 6.45) is 3.72. The molecule has 5 heteroatoms. The minimum absolute atomic E-state index is 0.544. The maximum absolute atomic E-state index is 6.38. The Labute approximate surface area is 168 Å². The van der Waals surface area contributed by atoms with Crippen molar-refractivity contribution in [2.75, 3.05) is 5.75 Å². The summed E-state index contributed by atoms with van der Waals surface area (Å²) in [7, 11) is 0. The van der Waals surface area contributed by atoms with E-state index in [2.05, 4.69) is 29.6 Å². The number of benzene rings is 2. The van der Waals surface area contributed by atoms with Gasteiger partial charge in [0.1, 0.15) is 0 Å². The maximum atomic E-state index is 6.38. The third kappa shape index (κ3) is 3.84. The number of nitrogens with one attached hydrogen (secondary N) is 1. The minimum atomic E-state index is 0.544. The molecule has 0 spiro atoms. The van der Waals surface area contributed by atoms with Gasteiger partial charge in [-0.2, -0.15) is 0 Å². The molecule has 2 unspecified atom stereocenters. The number of thioether (sulfide) groups is 1. The zero-order valence-electron chi connectivity index (χ0n) is 13.7. The SMILES string of the molecule is Clc1cccc([C@H]2CC3CCC(N3)[C@@H]2CSc2cccc(Cl)c2Cl)c1. The Hall–Kier alpha value is -0.380. The molecule has 25 heavy (non-hydrogen) atoms. The van der Waals surface area contributed by atoms with E-state index in [1.807, 2.05) is 30.0 Å². The van der Waals surface area contributed by atoms with Crippen LogP contribution in [0.15, 0.2) is 47.4 Å². The van der Waals surface area contributed by atoms with E-state index in [0.29, 0.717) is 34.0 Å². The van der Waals surface area contributed by atoms with Crippen molar-refractivity contribution in [3.8, 4) is 0 Å². The van der Waals surface area contributed by atoms with Crippen LogP contribution in [0.2, 0.25) is 15.1 Å². The lowest BCUT2D eigenvalue weighted by molar-refractivity contribution is 0.273. The Morgan fingerprint density at radius 3 is 2.72 bits per heavy atom. The summed E-state index contributed by atoms with van der Waals surface area (Å²) in [5, 5.41) is 5.93. The van der Waals surface area contributed by atoms with E-state index in [0.717, 1.165) is 15.7 Å². The van der Waals surface area contributed by atoms with Gasteiger partial charge in [0.25, 0.3) is 0 Å². The molecule has 4 rings (SSSR count). The molecule has 0 amide bonds. The first-order chi connectivity index (χ1) is 12.1. The van der Waals surface area contributed by atoms with Crippen molar-refractivity contribution < 1.29 is 0 Å². The Morgan fingerprint density at radius 1 is 1.04 bits per heavy atom. The normalized spacial score (nSPS) is 28.3. The predicted octanol–water partition coefficient (Wildman–Crippen LogP) is 6.66. The lowest BCUT2D eigenvalue weighted by Crippen LogP contribution is -2.45. The zero-order valence-corrected chi connectivity index (χ0v) is 16.8. The Bertz CT molecular complexity index is 766. The van der Waals surface area contributed by atoms with Gasteiger partial charge in [0.15, 0.2) is 0 Å². The fraction of sp³-hybridized carbons (Fsp3) is 0.400. The molecule has 4 atom stereocenters. The number of halogens is 3. The largest absolute Gasteiger partial charge is 0.311 e. The van der Waals surface area contributed by atoms with Crippen LogP contribution in [0.4, 0.5) is 0 Å². The first-order valence-corrected chi connectivity index (χ1v) is 10.8. The van der Waals surface area contributed by atoms with Gasteiger partial charge in [-0.05, 0) is 60.9 Å². The molecule has 2 aliphatic rings. The van der Waals surface area contributed by atoms with E-state index >= 15 is 0 Å². The highest BCUT2D eigenvalue weighted by Gasteiger charge is 2.41. The van der Waals surface area contributed by atoms with Gasteiger partial charge in [-0.1, -0.05) is 53.0 Å². The van der Waals surface area contributed by atoms with Crippen LogP contribution < -0.4 is 5.32 Å². The van der Waals surface area contributed by atoms with Crippen LogP contribution >= 0.6 is 46.6 Å². The summed E-state index contributed by atoms with van der Waals surface area (Å²) in [4.78, 5) is 1.07. The van der Waals surface area contributed by atoms with E-state index in [4.69, 9.17) is 34.8 Å². The van der Waals surface area contributed by atoms with Gasteiger partial charge in [0.05, 0.1) is 10.0 Å². The highest BCUT2D eigenvalue weighted by Crippen LogP contribution is 2.45. The van der Waals surface area contributed by atoms with Crippen LogP contribution in [-0.2, 0) is 0 Å². The molecule has 0 aromatic heterocycles. The van der Waals surface area contributed by atoms with Gasteiger partial charge in [-0.15, -0.1) is 11.8 Å². The van der Waals surface area contributed by atoms with E-state index in [-0.39, 0.29) is 0 Å². The van der Waals surface area contributed by atoms with Gasteiger partial charge in [-0.3, -0.25) is 0 Å². The molecule has 2 bridgehead atoms. The second-order valence-corrected chi connectivity index (χ2v) is 9.25. The molecule has 1 N–H and O–H groups in total. The lowest BCUT2D eigenvalue weighted by atomic mass is 9.78. The molecule has 2 fully saturated rings. The van der Waals surface area contributed by atoms with Crippen molar-refractivity contribution in [2.45, 2.75) is 42.2 Å². The molecule has 0 saturated carbocycles. The molecule has 0 aliphatic carbocycles. The van der Waals surface area contributed by atoms with Gasteiger partial charge in [0.2, 0.25) is 0 Å². The fourth-order valence-corrected chi connectivity index (χ4v) is 6.24. The standard InChI is InChI=1S/C20H20Cl3NS/c21-13-4-1-3-12(9-13)15-10-14-7-8-18(24-14)16(15)11-25-19-6-2-5-17(22)20(19)23/h1-6,9,14-16,18,24H,7-8,10-11H2/t14?,15-,16-,18?/m1/s1. The molecule has 2 aromatic carbocycles. The number of hydrogen-bond donors (Lipinski definition) is 1. The monoisotopic (exact) mass is 411 g/mol. The predicted molar refractivity (Wildman–Crippen MR) is 109 cm³/mol. The van der Waals surface area contributed by atoms with Gasteiger partial charge >= 0.3 is 0 Å². The van der Waals surface area contributed by atoms with Crippen LogP contribution in [0, 0.1) is 5.92 Å². The number of hydrogen-bond acceptors (Lipinski definition) is 2. The smallest absolute Gasteiger partial charge is 0.0728 e. The van der Waals surface area contributed by atoms with Crippen molar-refractivity contribution in [1.29, 1.82) is 0 Å². The van der Waals surface area contributed by atoms with E-state index in [1.165, 1.54) is 24.8 Å². The third-order valence-corrected chi connectivity index (χ3v) is 7.84. The summed E-state index contributed by atoms with van der Waals surface area (Å²) in [5.41, 5.74) is 1.37. The Morgan fingerprint density at radius 2 is 1.88 bits per heavy atom. The number of fused-ring (bicyclic) bond motifs is 2. The van der Waals surface area contributed by atoms with E-state index in [9.17, 15) is 0 Å². The number of rotatable bonds is 4. The Balaban J connectivity index is 1.57. The summed E-state index contributed by atoms with van der Waals surface area (Å²) in [5.74, 6) is 2.14. The van der Waals surface area contributed by atoms with E-state index < -0.39 is 0 Å². The second kappa shape index (κ2) is 7.70. The molecule has 2 aliphatic heterocycles. The van der Waals surface area contributed by atoms with Crippen molar-refractivity contribution in [1.82, 2.24) is 5.32 Å². The highest BCUT2D eigenvalue weighted by atomic mass is 35.5. The van der Waals surface area contributed by atoms with E-state index in [1.54, 1.807) is 0 Å². The average molecular weight is 413 g/mol. The molecule has 2 heterocycles. The average Bonchev–Trinajstić information content (AvgIpc) is 2.99. The van der Waals surface area contributed by atoms with Crippen LogP contribution in [0.1, 0.15) is 30.7 Å². The molecule has 132 valence electrons. The molecule has 0 radical (unpaired) electrons. The quantitative estimate of drug-likeness (QED) is 0.563. The fourth-order valence-electron chi connectivity index (χ4n) is 4.27. The first kappa shape index (κ1) is 18.0. The number of piperidine rings is 1. The van der Waals surface area contributed by atoms with Crippen LogP contribution in [0.25, 0.3) is 0 Å². The molecular formula is C20H20Cl3NS. The summed E-state index contributed by atoms with van der Waals surface area (Å²) in [6.45, 7) is 0. The zero-order chi connectivity index (χ0) is 17.4. The third-order valence-electron chi connectivity index (χ3n) is 5.47. The van der Waals surface area contributed by atoms with Crippen LogP contribution in [0.5, 0.6) is 0 Å². The minimum Gasteiger partial charge on any atom is -0.311 e. The second-order valence-electron chi connectivity index (χ2n) is 6.97. The molecule has 2 saturated heterocycles. The lowest BCUT2D eigenvalue weighted by Gasteiger charge is -2.38. The topological polar surface area (TPSA) is 12.0 Å². The van der Waals surface area contributed by atoms with Crippen LogP contribution in [0.3, 0.4) is 0 Å². The van der Waals surface area contributed by atoms with Gasteiger partial charge in [0, 0.05) is 27.8 Å². The summed E-state index contributed by atoms with van der Waals surface area (Å²) < 4.78 is 0. The van der Waals surface area contributed by atoms with Crippen molar-refractivity contribution in [3.05, 3.63) is 63.1 Å². The first-order valence-electron chi connectivity index (χ1n) is 8.70. The van der Waals surface area contributed by atoms with Crippen molar-refractivity contribution in [2.24, 2.45) is 5.92 Å². The van der Waals surface area contributed by atoms with Crippen molar-refractivity contribution >= 4 is 46.6 Å². The Kier molecular flexibility index (Phi) is 5.54. The molecule has 2 aromatic rings. The van der Waals surface area contributed by atoms with Gasteiger partial charge in [-0.25, -0.2) is 0 Å². The van der Waals surface area contributed by atoms with Crippen LogP contribution in [-0.4, -0.2) is 17.8 Å². The molecular weight excluding hydrogens is 393 g/mol. The summed E-state index contributed by atoms with van der Waals surface area (Å²) in [6, 6.07) is 15.5.